The van der Waals surface area contributed by atoms with Crippen LogP contribution in [0, 0.1) is 0 Å². The smallest absolute Gasteiger partial charge is 0.147 e. The van der Waals surface area contributed by atoms with Crippen LogP contribution < -0.4 is 10.6 Å². The summed E-state index contributed by atoms with van der Waals surface area (Å²) in [7, 11) is 1.98. The third-order valence-electron chi connectivity index (χ3n) is 3.17. The van der Waals surface area contributed by atoms with Gasteiger partial charge in [0.25, 0.3) is 0 Å². The summed E-state index contributed by atoms with van der Waals surface area (Å²) in [5.74, 6) is 0.810. The lowest BCUT2D eigenvalue weighted by atomic mass is 10.1. The molecule has 0 amide bonds. The number of hydrogen-bond acceptors (Lipinski definition) is 4. The first-order valence-corrected chi connectivity index (χ1v) is 6.49. The van der Waals surface area contributed by atoms with E-state index in [0.717, 1.165) is 22.1 Å². The number of halogens is 1. The lowest BCUT2D eigenvalue weighted by Crippen LogP contribution is -2.23. The van der Waals surface area contributed by atoms with Crippen LogP contribution in [0.15, 0.2) is 36.7 Å². The molecule has 0 bridgehead atoms. The van der Waals surface area contributed by atoms with Crippen LogP contribution in [0.4, 0.5) is 5.82 Å². The molecule has 1 unspecified atom stereocenters. The van der Waals surface area contributed by atoms with Crippen molar-refractivity contribution < 1.29 is 0 Å². The topological polar surface area (TPSA) is 55.0 Å². The summed E-state index contributed by atoms with van der Waals surface area (Å²) in [5.41, 5.74) is 7.44. The van der Waals surface area contributed by atoms with Gasteiger partial charge in [-0.2, -0.15) is 0 Å². The van der Waals surface area contributed by atoms with Crippen molar-refractivity contribution in [2.75, 3.05) is 11.9 Å². The SMILES string of the molecule is CC(c1cccc(Cl)c1)N(C)c1cnc(CN)cn1. The van der Waals surface area contributed by atoms with Crippen LogP contribution in [0.1, 0.15) is 24.2 Å². The molecule has 0 aliphatic rings. The van der Waals surface area contributed by atoms with E-state index in [1.807, 2.05) is 25.2 Å². The fourth-order valence-electron chi connectivity index (χ4n) is 1.82. The van der Waals surface area contributed by atoms with Crippen molar-refractivity contribution in [3.05, 3.63) is 52.9 Å². The van der Waals surface area contributed by atoms with E-state index in [-0.39, 0.29) is 6.04 Å². The first-order chi connectivity index (χ1) is 9.11. The number of benzene rings is 1. The molecule has 1 aromatic heterocycles. The number of hydrogen-bond donors (Lipinski definition) is 1. The van der Waals surface area contributed by atoms with Crippen LogP contribution in [0.25, 0.3) is 0 Å². The Hall–Kier alpha value is -1.65. The van der Waals surface area contributed by atoms with Crippen molar-refractivity contribution in [1.82, 2.24) is 9.97 Å². The second kappa shape index (κ2) is 5.99. The van der Waals surface area contributed by atoms with Crippen molar-refractivity contribution in [3.8, 4) is 0 Å². The Morgan fingerprint density at radius 3 is 2.68 bits per heavy atom. The Balaban J connectivity index is 2.20. The Kier molecular flexibility index (Phi) is 4.35. The standard InChI is InChI=1S/C14H17ClN4/c1-10(11-4-3-5-12(15)6-11)19(2)14-9-17-13(7-16)8-18-14/h3-6,8-10H,7,16H2,1-2H3. The molecular formula is C14H17ClN4. The largest absolute Gasteiger partial charge is 0.352 e. The summed E-state index contributed by atoms with van der Waals surface area (Å²) < 4.78 is 0. The van der Waals surface area contributed by atoms with Crippen LogP contribution in [-0.4, -0.2) is 17.0 Å². The molecule has 0 saturated carbocycles. The highest BCUT2D eigenvalue weighted by molar-refractivity contribution is 6.30. The summed E-state index contributed by atoms with van der Waals surface area (Å²) in [5, 5.41) is 0.738. The highest BCUT2D eigenvalue weighted by Crippen LogP contribution is 2.25. The van der Waals surface area contributed by atoms with E-state index in [1.54, 1.807) is 12.4 Å². The molecule has 19 heavy (non-hydrogen) atoms. The first-order valence-electron chi connectivity index (χ1n) is 6.11. The summed E-state index contributed by atoms with van der Waals surface area (Å²) in [6.07, 6.45) is 3.44. The number of nitrogens with two attached hydrogens (primary N) is 1. The summed E-state index contributed by atoms with van der Waals surface area (Å²) in [6.45, 7) is 2.50. The van der Waals surface area contributed by atoms with Crippen molar-refractivity contribution in [2.24, 2.45) is 5.73 Å². The van der Waals surface area contributed by atoms with E-state index in [2.05, 4.69) is 27.9 Å². The zero-order valence-electron chi connectivity index (χ0n) is 11.0. The Bertz CT molecular complexity index is 541. The average Bonchev–Trinajstić information content (AvgIpc) is 2.46. The second-order valence-electron chi connectivity index (χ2n) is 4.41. The van der Waals surface area contributed by atoms with E-state index in [4.69, 9.17) is 17.3 Å². The van der Waals surface area contributed by atoms with Crippen molar-refractivity contribution in [1.29, 1.82) is 0 Å². The van der Waals surface area contributed by atoms with Gasteiger partial charge in [0.15, 0.2) is 0 Å². The summed E-state index contributed by atoms with van der Waals surface area (Å²) in [4.78, 5) is 10.7. The Morgan fingerprint density at radius 1 is 1.32 bits per heavy atom. The maximum atomic E-state index is 6.02. The third kappa shape index (κ3) is 3.22. The number of rotatable bonds is 4. The van der Waals surface area contributed by atoms with E-state index in [0.29, 0.717) is 6.54 Å². The van der Waals surface area contributed by atoms with Gasteiger partial charge < -0.3 is 10.6 Å². The maximum absolute atomic E-state index is 6.02. The van der Waals surface area contributed by atoms with Gasteiger partial charge in [0.1, 0.15) is 5.82 Å². The van der Waals surface area contributed by atoms with E-state index < -0.39 is 0 Å². The highest BCUT2D eigenvalue weighted by Gasteiger charge is 2.13. The fraction of sp³-hybridized carbons (Fsp3) is 0.286. The predicted molar refractivity (Wildman–Crippen MR) is 78.2 cm³/mol. The molecule has 0 fully saturated rings. The molecule has 0 aliphatic carbocycles. The van der Waals surface area contributed by atoms with Gasteiger partial charge in [0.2, 0.25) is 0 Å². The van der Waals surface area contributed by atoms with Gasteiger partial charge in [-0.05, 0) is 24.6 Å². The van der Waals surface area contributed by atoms with Gasteiger partial charge in [-0.15, -0.1) is 0 Å². The fourth-order valence-corrected chi connectivity index (χ4v) is 2.02. The van der Waals surface area contributed by atoms with Crippen molar-refractivity contribution in [2.45, 2.75) is 19.5 Å². The van der Waals surface area contributed by atoms with Gasteiger partial charge in [0.05, 0.1) is 24.1 Å². The first kappa shape index (κ1) is 13.8. The van der Waals surface area contributed by atoms with Crippen LogP contribution in [0.3, 0.4) is 0 Å². The molecule has 2 N–H and O–H groups in total. The predicted octanol–water partition coefficient (Wildman–Crippen LogP) is 2.79. The number of nitrogens with zero attached hydrogens (tertiary/aromatic N) is 3. The van der Waals surface area contributed by atoms with Gasteiger partial charge in [0, 0.05) is 18.6 Å². The zero-order valence-corrected chi connectivity index (χ0v) is 11.8. The maximum Gasteiger partial charge on any atom is 0.147 e. The molecule has 1 aromatic carbocycles. The molecule has 2 rings (SSSR count). The summed E-state index contributed by atoms with van der Waals surface area (Å²) in [6, 6.07) is 7.99. The van der Waals surface area contributed by atoms with Gasteiger partial charge in [-0.25, -0.2) is 4.98 Å². The van der Waals surface area contributed by atoms with Gasteiger partial charge >= 0.3 is 0 Å². The normalized spacial score (nSPS) is 12.2. The van der Waals surface area contributed by atoms with Gasteiger partial charge in [-0.1, -0.05) is 23.7 Å². The molecule has 0 saturated heterocycles. The molecule has 2 aromatic rings. The Labute approximate surface area is 118 Å². The number of aromatic nitrogens is 2. The average molecular weight is 277 g/mol. The van der Waals surface area contributed by atoms with Crippen LogP contribution in [-0.2, 0) is 6.54 Å². The van der Waals surface area contributed by atoms with Crippen molar-refractivity contribution in [3.63, 3.8) is 0 Å². The van der Waals surface area contributed by atoms with Crippen LogP contribution in [0.5, 0.6) is 0 Å². The monoisotopic (exact) mass is 276 g/mol. The van der Waals surface area contributed by atoms with Gasteiger partial charge in [-0.3, -0.25) is 4.98 Å². The van der Waals surface area contributed by atoms with E-state index in [1.165, 1.54) is 0 Å². The minimum atomic E-state index is 0.164. The van der Waals surface area contributed by atoms with Crippen LogP contribution in [0.2, 0.25) is 5.02 Å². The van der Waals surface area contributed by atoms with E-state index in [9.17, 15) is 0 Å². The molecule has 5 heteroatoms. The molecule has 4 nitrogen and oxygen atoms in total. The van der Waals surface area contributed by atoms with E-state index >= 15 is 0 Å². The quantitative estimate of drug-likeness (QED) is 0.933. The summed E-state index contributed by atoms with van der Waals surface area (Å²) >= 11 is 6.02. The highest BCUT2D eigenvalue weighted by atomic mass is 35.5. The Morgan fingerprint density at radius 2 is 2.11 bits per heavy atom. The second-order valence-corrected chi connectivity index (χ2v) is 4.85. The minimum absolute atomic E-state index is 0.164. The zero-order chi connectivity index (χ0) is 13.8. The molecular weight excluding hydrogens is 260 g/mol. The van der Waals surface area contributed by atoms with Crippen molar-refractivity contribution >= 4 is 17.4 Å². The molecule has 0 aliphatic heterocycles. The molecule has 100 valence electrons. The lowest BCUT2D eigenvalue weighted by molar-refractivity contribution is 0.724. The molecule has 0 spiro atoms. The molecule has 1 atom stereocenters. The third-order valence-corrected chi connectivity index (χ3v) is 3.41. The lowest BCUT2D eigenvalue weighted by Gasteiger charge is -2.26. The van der Waals surface area contributed by atoms with Crippen LogP contribution >= 0.6 is 11.6 Å². The number of anilines is 1. The molecule has 1 heterocycles. The minimum Gasteiger partial charge on any atom is -0.352 e. The molecule has 0 radical (unpaired) electrons.